The van der Waals surface area contributed by atoms with Crippen LogP contribution in [0, 0.1) is 5.82 Å². The van der Waals surface area contributed by atoms with Gasteiger partial charge in [0.25, 0.3) is 0 Å². The topological polar surface area (TPSA) is 35.2 Å². The first-order chi connectivity index (χ1) is 6.77. The van der Waals surface area contributed by atoms with Crippen LogP contribution in [0.1, 0.15) is 17.9 Å². The summed E-state index contributed by atoms with van der Waals surface area (Å²) in [6.07, 6.45) is 0.861. The third kappa shape index (κ3) is 3.09. The molecule has 1 atom stereocenters. The Morgan fingerprint density at radius 1 is 1.36 bits per heavy atom. The van der Waals surface area contributed by atoms with Crippen molar-refractivity contribution in [3.8, 4) is 0 Å². The Balaban J connectivity index is 2.71. The van der Waals surface area contributed by atoms with E-state index in [0.717, 1.165) is 12.0 Å². The Bertz CT molecular complexity index is 254. The average molecular weight is 197 g/mol. The van der Waals surface area contributed by atoms with Crippen LogP contribution in [0.3, 0.4) is 0 Å². The zero-order chi connectivity index (χ0) is 10.4. The first-order valence-corrected chi connectivity index (χ1v) is 4.72. The maximum Gasteiger partial charge on any atom is 0.123 e. The molecular weight excluding hydrogens is 181 g/mol. The van der Waals surface area contributed by atoms with Gasteiger partial charge in [-0.25, -0.2) is 4.39 Å². The molecular formula is C11H16FNO. The van der Waals surface area contributed by atoms with Crippen LogP contribution >= 0.6 is 0 Å². The molecule has 3 heteroatoms. The molecule has 0 aliphatic carbocycles. The van der Waals surface area contributed by atoms with Crippen molar-refractivity contribution in [2.75, 3.05) is 20.3 Å². The van der Waals surface area contributed by atoms with Crippen LogP contribution < -0.4 is 5.73 Å². The second-order valence-corrected chi connectivity index (χ2v) is 3.28. The van der Waals surface area contributed by atoms with E-state index in [1.54, 1.807) is 19.2 Å². The molecule has 1 unspecified atom stereocenters. The third-order valence-electron chi connectivity index (χ3n) is 2.22. The van der Waals surface area contributed by atoms with Crippen molar-refractivity contribution in [2.24, 2.45) is 5.73 Å². The normalized spacial score (nSPS) is 12.8. The summed E-state index contributed by atoms with van der Waals surface area (Å²) in [5.41, 5.74) is 6.58. The number of ether oxygens (including phenoxy) is 1. The van der Waals surface area contributed by atoms with Crippen molar-refractivity contribution in [1.82, 2.24) is 0 Å². The molecule has 0 amide bonds. The molecule has 0 bridgehead atoms. The Morgan fingerprint density at radius 2 is 2.00 bits per heavy atom. The lowest BCUT2D eigenvalue weighted by Crippen LogP contribution is -2.12. The molecule has 0 aromatic heterocycles. The molecule has 0 saturated heterocycles. The lowest BCUT2D eigenvalue weighted by molar-refractivity contribution is 0.176. The highest BCUT2D eigenvalue weighted by Crippen LogP contribution is 2.19. The summed E-state index contributed by atoms with van der Waals surface area (Å²) in [5.74, 6) is 0.0586. The van der Waals surface area contributed by atoms with Gasteiger partial charge in [0.15, 0.2) is 0 Å². The van der Waals surface area contributed by atoms with Gasteiger partial charge in [0.2, 0.25) is 0 Å². The zero-order valence-electron chi connectivity index (χ0n) is 8.37. The number of rotatable bonds is 5. The molecule has 14 heavy (non-hydrogen) atoms. The van der Waals surface area contributed by atoms with Crippen LogP contribution in [0.15, 0.2) is 24.3 Å². The molecule has 0 aliphatic rings. The average Bonchev–Trinajstić information content (AvgIpc) is 2.19. The van der Waals surface area contributed by atoms with Gasteiger partial charge in [0.05, 0.1) is 6.61 Å². The van der Waals surface area contributed by atoms with E-state index in [4.69, 9.17) is 10.5 Å². The molecule has 1 aromatic rings. The molecule has 0 radical (unpaired) electrons. The Labute approximate surface area is 83.9 Å². The van der Waals surface area contributed by atoms with Gasteiger partial charge in [-0.05, 0) is 30.7 Å². The summed E-state index contributed by atoms with van der Waals surface area (Å²) in [5, 5.41) is 0. The minimum Gasteiger partial charge on any atom is -0.384 e. The number of halogens is 1. The highest BCUT2D eigenvalue weighted by molar-refractivity contribution is 5.20. The van der Waals surface area contributed by atoms with Crippen molar-refractivity contribution < 1.29 is 9.13 Å². The van der Waals surface area contributed by atoms with Crippen LogP contribution in [0.5, 0.6) is 0 Å². The standard InChI is InChI=1S/C11H16FNO/c1-14-8-10(6-7-13)9-2-4-11(12)5-3-9/h2-5,10H,6-8,13H2,1H3. The number of hydrogen-bond acceptors (Lipinski definition) is 2. The number of methoxy groups -OCH3 is 1. The lowest BCUT2D eigenvalue weighted by atomic mass is 9.97. The second-order valence-electron chi connectivity index (χ2n) is 3.28. The van der Waals surface area contributed by atoms with Crippen LogP contribution in [-0.4, -0.2) is 20.3 Å². The number of benzene rings is 1. The van der Waals surface area contributed by atoms with E-state index in [9.17, 15) is 4.39 Å². The van der Waals surface area contributed by atoms with Crippen LogP contribution in [0.25, 0.3) is 0 Å². The molecule has 1 aromatic carbocycles. The monoisotopic (exact) mass is 197 g/mol. The Hall–Kier alpha value is -0.930. The first kappa shape index (κ1) is 11.1. The number of hydrogen-bond donors (Lipinski definition) is 1. The molecule has 2 N–H and O–H groups in total. The quantitative estimate of drug-likeness (QED) is 0.782. The summed E-state index contributed by atoms with van der Waals surface area (Å²) in [6, 6.07) is 6.51. The highest BCUT2D eigenvalue weighted by atomic mass is 19.1. The van der Waals surface area contributed by atoms with E-state index in [-0.39, 0.29) is 11.7 Å². The van der Waals surface area contributed by atoms with Crippen molar-refractivity contribution >= 4 is 0 Å². The van der Waals surface area contributed by atoms with Crippen molar-refractivity contribution in [1.29, 1.82) is 0 Å². The van der Waals surface area contributed by atoms with E-state index >= 15 is 0 Å². The maximum absolute atomic E-state index is 12.7. The molecule has 0 heterocycles. The Morgan fingerprint density at radius 3 is 2.50 bits per heavy atom. The van der Waals surface area contributed by atoms with E-state index < -0.39 is 0 Å². The first-order valence-electron chi connectivity index (χ1n) is 4.72. The van der Waals surface area contributed by atoms with Gasteiger partial charge >= 0.3 is 0 Å². The molecule has 2 nitrogen and oxygen atoms in total. The largest absolute Gasteiger partial charge is 0.384 e. The Kier molecular flexibility index (Phi) is 4.56. The highest BCUT2D eigenvalue weighted by Gasteiger charge is 2.09. The second kappa shape index (κ2) is 5.73. The fourth-order valence-corrected chi connectivity index (χ4v) is 1.48. The molecule has 0 aliphatic heterocycles. The van der Waals surface area contributed by atoms with Gasteiger partial charge in [-0.1, -0.05) is 12.1 Å². The van der Waals surface area contributed by atoms with Gasteiger partial charge in [0.1, 0.15) is 5.82 Å². The lowest BCUT2D eigenvalue weighted by Gasteiger charge is -2.15. The summed E-state index contributed by atoms with van der Waals surface area (Å²) in [4.78, 5) is 0. The van der Waals surface area contributed by atoms with Crippen LogP contribution in [0.4, 0.5) is 4.39 Å². The van der Waals surface area contributed by atoms with Gasteiger partial charge in [-0.15, -0.1) is 0 Å². The summed E-state index contributed by atoms with van der Waals surface area (Å²) < 4.78 is 17.8. The van der Waals surface area contributed by atoms with Gasteiger partial charge in [-0.3, -0.25) is 0 Å². The van der Waals surface area contributed by atoms with Gasteiger partial charge in [0, 0.05) is 13.0 Å². The van der Waals surface area contributed by atoms with E-state index in [1.165, 1.54) is 12.1 Å². The molecule has 78 valence electrons. The SMILES string of the molecule is COCC(CCN)c1ccc(F)cc1. The minimum atomic E-state index is -0.210. The number of nitrogens with two attached hydrogens (primary N) is 1. The minimum absolute atomic E-state index is 0.210. The summed E-state index contributed by atoms with van der Waals surface area (Å²) in [6.45, 7) is 1.24. The van der Waals surface area contributed by atoms with Gasteiger partial charge in [-0.2, -0.15) is 0 Å². The summed E-state index contributed by atoms with van der Waals surface area (Å²) in [7, 11) is 1.66. The van der Waals surface area contributed by atoms with Crippen molar-refractivity contribution in [3.63, 3.8) is 0 Å². The van der Waals surface area contributed by atoms with E-state index in [1.807, 2.05) is 0 Å². The fraction of sp³-hybridized carbons (Fsp3) is 0.455. The van der Waals surface area contributed by atoms with E-state index in [0.29, 0.717) is 13.2 Å². The third-order valence-corrected chi connectivity index (χ3v) is 2.22. The van der Waals surface area contributed by atoms with E-state index in [2.05, 4.69) is 0 Å². The smallest absolute Gasteiger partial charge is 0.123 e. The van der Waals surface area contributed by atoms with Crippen LogP contribution in [-0.2, 0) is 4.74 Å². The van der Waals surface area contributed by atoms with Gasteiger partial charge < -0.3 is 10.5 Å². The fourth-order valence-electron chi connectivity index (χ4n) is 1.48. The molecule has 0 spiro atoms. The molecule has 0 fully saturated rings. The predicted octanol–water partition coefficient (Wildman–Crippen LogP) is 1.90. The van der Waals surface area contributed by atoms with Crippen molar-refractivity contribution in [2.45, 2.75) is 12.3 Å². The predicted molar refractivity (Wildman–Crippen MR) is 54.7 cm³/mol. The van der Waals surface area contributed by atoms with Crippen molar-refractivity contribution in [3.05, 3.63) is 35.6 Å². The van der Waals surface area contributed by atoms with Crippen LogP contribution in [0.2, 0.25) is 0 Å². The maximum atomic E-state index is 12.7. The molecule has 1 rings (SSSR count). The zero-order valence-corrected chi connectivity index (χ0v) is 8.37. The summed E-state index contributed by atoms with van der Waals surface area (Å²) >= 11 is 0. The molecule has 0 saturated carbocycles.